The van der Waals surface area contributed by atoms with E-state index in [9.17, 15) is 14.3 Å². The summed E-state index contributed by atoms with van der Waals surface area (Å²) in [5, 5.41) is 0. The Kier molecular flexibility index (Phi) is 35.6. The van der Waals surface area contributed by atoms with E-state index < -0.39 is 13.9 Å². The molecule has 8 nitrogen and oxygen atoms in total. The summed E-state index contributed by atoms with van der Waals surface area (Å²) in [6, 6.07) is 0. The van der Waals surface area contributed by atoms with Crippen molar-refractivity contribution in [3.63, 3.8) is 0 Å². The molecule has 0 rings (SSSR count). The van der Waals surface area contributed by atoms with Crippen LogP contribution in [0.25, 0.3) is 0 Å². The van der Waals surface area contributed by atoms with Crippen molar-refractivity contribution in [3.05, 3.63) is 60.9 Å². The van der Waals surface area contributed by atoms with Gasteiger partial charge in [-0.15, -0.1) is 0 Å². The Balaban J connectivity index is 4.37. The molecule has 0 aliphatic carbocycles. The fourth-order valence-corrected chi connectivity index (χ4v) is 6.03. The maximum Gasteiger partial charge on any atom is 0.305 e. The first-order valence-corrected chi connectivity index (χ1v) is 22.5. The lowest BCUT2D eigenvalue weighted by atomic mass is 10.1. The van der Waals surface area contributed by atoms with E-state index in [0.717, 1.165) is 83.5 Å². The van der Waals surface area contributed by atoms with E-state index in [1.54, 1.807) is 6.26 Å². The molecular weight excluding hydrogens is 685 g/mol. The maximum atomic E-state index is 12.4. The van der Waals surface area contributed by atoms with Crippen LogP contribution >= 0.6 is 7.82 Å². The van der Waals surface area contributed by atoms with Crippen molar-refractivity contribution in [2.75, 3.05) is 47.5 Å². The Morgan fingerprint density at radius 3 is 1.68 bits per heavy atom. The van der Waals surface area contributed by atoms with Crippen LogP contribution in [0.15, 0.2) is 60.9 Å². The lowest BCUT2D eigenvalue weighted by Gasteiger charge is -2.28. The fourth-order valence-electron chi connectivity index (χ4n) is 5.30. The number of carbonyl (C=O) groups is 1. The molecule has 9 heteroatoms. The topological polar surface area (TPSA) is 94.1 Å². The zero-order chi connectivity index (χ0) is 39.1. The largest absolute Gasteiger partial charge is 0.756 e. The molecule has 0 N–H and O–H groups in total. The number of ether oxygens (including phenoxy) is 2. The van der Waals surface area contributed by atoms with Gasteiger partial charge in [-0.3, -0.25) is 9.36 Å². The molecule has 0 aliphatic rings. The molecule has 0 aliphatic heterocycles. The number of likely N-dealkylation sites (N-methyl/N-ethyl adjacent to an activating group) is 1. The van der Waals surface area contributed by atoms with Gasteiger partial charge in [-0.1, -0.05) is 127 Å². The number of phosphoric acid groups is 1. The van der Waals surface area contributed by atoms with Crippen LogP contribution in [-0.4, -0.2) is 64.1 Å². The van der Waals surface area contributed by atoms with Crippen LogP contribution < -0.4 is 4.89 Å². The highest BCUT2D eigenvalue weighted by Crippen LogP contribution is 2.38. The Morgan fingerprint density at radius 1 is 0.623 bits per heavy atom. The number of hydrogen-bond acceptors (Lipinski definition) is 7. The average Bonchev–Trinajstić information content (AvgIpc) is 3.11. The zero-order valence-corrected chi connectivity index (χ0v) is 35.6. The van der Waals surface area contributed by atoms with Gasteiger partial charge < -0.3 is 27.9 Å². The van der Waals surface area contributed by atoms with E-state index in [4.69, 9.17) is 18.5 Å². The summed E-state index contributed by atoms with van der Waals surface area (Å²) in [7, 11) is 1.34. The van der Waals surface area contributed by atoms with Crippen LogP contribution in [0.2, 0.25) is 0 Å². The lowest BCUT2D eigenvalue weighted by Crippen LogP contribution is -2.37. The van der Waals surface area contributed by atoms with Crippen molar-refractivity contribution in [1.29, 1.82) is 0 Å². The molecule has 0 saturated heterocycles. The van der Waals surface area contributed by atoms with Gasteiger partial charge >= 0.3 is 5.97 Å². The lowest BCUT2D eigenvalue weighted by molar-refractivity contribution is -0.870. The molecule has 2 unspecified atom stereocenters. The highest BCUT2D eigenvalue weighted by Gasteiger charge is 2.19. The van der Waals surface area contributed by atoms with Crippen molar-refractivity contribution in [2.45, 2.75) is 168 Å². The molecule has 0 bridgehead atoms. The molecule has 0 aromatic rings. The van der Waals surface area contributed by atoms with Crippen LogP contribution in [-0.2, 0) is 27.9 Å². The van der Waals surface area contributed by atoms with Crippen molar-refractivity contribution in [1.82, 2.24) is 0 Å². The number of rotatable bonds is 38. The number of quaternary nitrogens is 1. The fraction of sp³-hybridized carbons (Fsp3) is 0.750. The van der Waals surface area contributed by atoms with Crippen LogP contribution in [0.4, 0.5) is 0 Å². The number of phosphoric ester groups is 1. The van der Waals surface area contributed by atoms with Gasteiger partial charge in [0, 0.05) is 6.42 Å². The molecule has 0 aromatic heterocycles. The number of unbranched alkanes of at least 4 members (excludes halogenated alkanes) is 16. The summed E-state index contributed by atoms with van der Waals surface area (Å²) < 4.78 is 34.3. The third-order valence-electron chi connectivity index (χ3n) is 8.64. The van der Waals surface area contributed by atoms with Crippen molar-refractivity contribution in [2.24, 2.45) is 0 Å². The molecule has 0 heterocycles. The van der Waals surface area contributed by atoms with Crippen LogP contribution in [0.5, 0.6) is 0 Å². The zero-order valence-electron chi connectivity index (χ0n) is 34.7. The molecule has 308 valence electrons. The first kappa shape index (κ1) is 51.0. The summed E-state index contributed by atoms with van der Waals surface area (Å²) in [5.74, 6) is -0.314. The van der Waals surface area contributed by atoms with Gasteiger partial charge in [0.25, 0.3) is 7.82 Å². The standard InChI is InChI=1S/C44H80NO7P/c1-6-8-10-12-14-16-18-20-22-24-26-28-30-32-34-36-39-49-43(42-52-53(47,48)51-40-38-45(3,4)5)41-50-44(46)37-35-33-31-29-27-25-23-21-19-17-15-13-11-9-7-2/h9,11,15,17,20-23,36,39,43H,6-8,10,12-14,16,18-19,24-35,37-38,40-42H2,1-5H3/b11-9-,17-15-,22-20-,23-21-,39-36-. The second-order valence-corrected chi connectivity index (χ2v) is 16.4. The maximum absolute atomic E-state index is 12.4. The molecule has 0 amide bonds. The van der Waals surface area contributed by atoms with E-state index in [0.29, 0.717) is 17.4 Å². The quantitative estimate of drug-likeness (QED) is 0.0154. The second kappa shape index (κ2) is 37.0. The number of carbonyl (C=O) groups excluding carboxylic acids is 1. The monoisotopic (exact) mass is 766 g/mol. The minimum absolute atomic E-state index is 0.0197. The van der Waals surface area contributed by atoms with Crippen LogP contribution in [0, 0.1) is 0 Å². The smallest absolute Gasteiger partial charge is 0.305 e. The third kappa shape index (κ3) is 41.1. The second-order valence-electron chi connectivity index (χ2n) is 15.0. The van der Waals surface area contributed by atoms with Gasteiger partial charge in [-0.25, -0.2) is 0 Å². The van der Waals surface area contributed by atoms with Gasteiger partial charge in [0.1, 0.15) is 19.8 Å². The van der Waals surface area contributed by atoms with Gasteiger partial charge in [-0.2, -0.15) is 0 Å². The van der Waals surface area contributed by atoms with Crippen molar-refractivity contribution < 1.29 is 37.3 Å². The van der Waals surface area contributed by atoms with E-state index in [1.165, 1.54) is 57.8 Å². The summed E-state index contributed by atoms with van der Waals surface area (Å²) >= 11 is 0. The normalized spacial score (nSPS) is 14.4. The number of allylic oxidation sites excluding steroid dienone is 9. The molecule has 2 atom stereocenters. The number of esters is 1. The van der Waals surface area contributed by atoms with Crippen molar-refractivity contribution >= 4 is 13.8 Å². The summed E-state index contributed by atoms with van der Waals surface area (Å²) in [6.45, 7) is 4.55. The first-order valence-electron chi connectivity index (χ1n) is 21.1. The molecule has 0 fully saturated rings. The van der Waals surface area contributed by atoms with E-state index in [1.807, 2.05) is 27.2 Å². The average molecular weight is 766 g/mol. The highest BCUT2D eigenvalue weighted by molar-refractivity contribution is 7.45. The van der Waals surface area contributed by atoms with Gasteiger partial charge in [0.15, 0.2) is 6.10 Å². The molecule has 53 heavy (non-hydrogen) atoms. The predicted molar refractivity (Wildman–Crippen MR) is 221 cm³/mol. The summed E-state index contributed by atoms with van der Waals surface area (Å²) in [5.41, 5.74) is 0. The van der Waals surface area contributed by atoms with Crippen LogP contribution in [0.1, 0.15) is 162 Å². The first-order chi connectivity index (χ1) is 25.6. The number of nitrogens with zero attached hydrogens (tertiary/aromatic N) is 1. The molecule has 0 aromatic carbocycles. The van der Waals surface area contributed by atoms with E-state index in [2.05, 4.69) is 62.5 Å². The Hall–Kier alpha value is -1.96. The van der Waals surface area contributed by atoms with Gasteiger partial charge in [0.05, 0.1) is 34.0 Å². The summed E-state index contributed by atoms with van der Waals surface area (Å²) in [6.07, 6.45) is 46.2. The number of hydrogen-bond donors (Lipinski definition) is 0. The SMILES string of the molecule is CC/C=C\C/C=C\C/C=C\CCCCCCCC(=O)OCC(COP(=O)([O-])OCC[N+](C)(C)C)O/C=C\CCCCCC/C=C\CCCCCCCC. The van der Waals surface area contributed by atoms with E-state index >= 15 is 0 Å². The minimum Gasteiger partial charge on any atom is -0.756 e. The molecule has 0 spiro atoms. The predicted octanol–water partition coefficient (Wildman–Crippen LogP) is 11.9. The molecular formula is C44H80NO7P. The Morgan fingerprint density at radius 2 is 1.11 bits per heavy atom. The van der Waals surface area contributed by atoms with Crippen molar-refractivity contribution in [3.8, 4) is 0 Å². The molecule has 0 radical (unpaired) electrons. The Labute approximate surface area is 326 Å². The van der Waals surface area contributed by atoms with Gasteiger partial charge in [0.2, 0.25) is 0 Å². The summed E-state index contributed by atoms with van der Waals surface area (Å²) in [4.78, 5) is 24.8. The Bertz CT molecular complexity index is 1030. The minimum atomic E-state index is -4.52. The molecule has 0 saturated carbocycles. The van der Waals surface area contributed by atoms with E-state index in [-0.39, 0.29) is 25.8 Å². The highest BCUT2D eigenvalue weighted by atomic mass is 31.2. The van der Waals surface area contributed by atoms with Gasteiger partial charge in [-0.05, 0) is 83.1 Å². The third-order valence-corrected chi connectivity index (χ3v) is 9.61. The van der Waals surface area contributed by atoms with Crippen LogP contribution in [0.3, 0.4) is 0 Å².